The van der Waals surface area contributed by atoms with Gasteiger partial charge in [0, 0.05) is 18.4 Å². The van der Waals surface area contributed by atoms with Crippen molar-refractivity contribution in [1.29, 1.82) is 0 Å². The van der Waals surface area contributed by atoms with Crippen LogP contribution in [0.4, 0.5) is 0 Å². The molecule has 0 heterocycles. The molecule has 0 aromatic rings. The van der Waals surface area contributed by atoms with Crippen LogP contribution in [0.1, 0.15) is 60.3 Å². The van der Waals surface area contributed by atoms with Crippen molar-refractivity contribution in [1.82, 2.24) is 5.32 Å². The maximum Gasteiger partial charge on any atom is 0.305 e. The van der Waals surface area contributed by atoms with Crippen molar-refractivity contribution in [2.75, 3.05) is 7.11 Å². The predicted octanol–water partition coefficient (Wildman–Crippen LogP) is 2.66. The molecule has 0 bridgehead atoms. The molecule has 18 heavy (non-hydrogen) atoms. The van der Waals surface area contributed by atoms with Gasteiger partial charge in [0.15, 0.2) is 0 Å². The van der Waals surface area contributed by atoms with Gasteiger partial charge in [-0.1, -0.05) is 20.8 Å². The Kier molecular flexibility index (Phi) is 6.36. The zero-order chi connectivity index (χ0) is 14.4. The standard InChI is InChI=1S/C14H27NO3/c1-13(2,3)10-14(4,5)15-11(16)8-7-9-12(17)18-6/h7-10H2,1-6H3,(H,15,16). The van der Waals surface area contributed by atoms with Crippen molar-refractivity contribution in [2.45, 2.75) is 65.8 Å². The van der Waals surface area contributed by atoms with Crippen LogP contribution >= 0.6 is 0 Å². The van der Waals surface area contributed by atoms with E-state index >= 15 is 0 Å². The first-order valence-corrected chi connectivity index (χ1v) is 6.43. The number of carbonyl (C=O) groups excluding carboxylic acids is 2. The fourth-order valence-electron chi connectivity index (χ4n) is 2.31. The summed E-state index contributed by atoms with van der Waals surface area (Å²) < 4.78 is 4.53. The largest absolute Gasteiger partial charge is 0.469 e. The minimum atomic E-state index is -0.267. The minimum Gasteiger partial charge on any atom is -0.469 e. The van der Waals surface area contributed by atoms with E-state index in [0.717, 1.165) is 6.42 Å². The highest BCUT2D eigenvalue weighted by atomic mass is 16.5. The summed E-state index contributed by atoms with van der Waals surface area (Å²) in [5.41, 5.74) is -0.0522. The van der Waals surface area contributed by atoms with Crippen LogP contribution in [0.3, 0.4) is 0 Å². The topological polar surface area (TPSA) is 55.4 Å². The van der Waals surface area contributed by atoms with Crippen LogP contribution in [0.15, 0.2) is 0 Å². The lowest BCUT2D eigenvalue weighted by atomic mass is 9.82. The first-order valence-electron chi connectivity index (χ1n) is 6.43. The second-order valence-electron chi connectivity index (χ2n) is 6.60. The van der Waals surface area contributed by atoms with Crippen molar-refractivity contribution >= 4 is 11.9 Å². The maximum absolute atomic E-state index is 11.8. The number of amides is 1. The molecule has 1 N–H and O–H groups in total. The summed E-state index contributed by atoms with van der Waals surface area (Å²) in [5, 5.41) is 3.01. The van der Waals surface area contributed by atoms with Crippen molar-refractivity contribution in [3.8, 4) is 0 Å². The van der Waals surface area contributed by atoms with E-state index in [1.807, 2.05) is 13.8 Å². The molecule has 0 saturated heterocycles. The SMILES string of the molecule is COC(=O)CCCC(=O)NC(C)(C)CC(C)(C)C. The van der Waals surface area contributed by atoms with Gasteiger partial charge in [-0.3, -0.25) is 9.59 Å². The number of hydrogen-bond donors (Lipinski definition) is 1. The Hall–Kier alpha value is -1.06. The normalized spacial score (nSPS) is 12.1. The Labute approximate surface area is 110 Å². The highest BCUT2D eigenvalue weighted by molar-refractivity contribution is 5.77. The molecule has 0 aliphatic rings. The Morgan fingerprint density at radius 3 is 2.06 bits per heavy atom. The quantitative estimate of drug-likeness (QED) is 0.744. The average molecular weight is 257 g/mol. The number of methoxy groups -OCH3 is 1. The number of ether oxygens (including phenoxy) is 1. The molecule has 4 nitrogen and oxygen atoms in total. The fourth-order valence-corrected chi connectivity index (χ4v) is 2.31. The molecule has 0 aliphatic carbocycles. The van der Waals surface area contributed by atoms with Crippen molar-refractivity contribution < 1.29 is 14.3 Å². The zero-order valence-electron chi connectivity index (χ0n) is 12.6. The monoisotopic (exact) mass is 257 g/mol. The molecule has 106 valence electrons. The van der Waals surface area contributed by atoms with Crippen LogP contribution in [0.25, 0.3) is 0 Å². The van der Waals surface area contributed by atoms with E-state index in [-0.39, 0.29) is 22.8 Å². The van der Waals surface area contributed by atoms with Gasteiger partial charge >= 0.3 is 5.97 Å². The summed E-state index contributed by atoms with van der Waals surface area (Å²) in [7, 11) is 1.36. The average Bonchev–Trinajstić information content (AvgIpc) is 2.12. The lowest BCUT2D eigenvalue weighted by molar-refractivity contribution is -0.140. The predicted molar refractivity (Wildman–Crippen MR) is 72.2 cm³/mol. The fraction of sp³-hybridized carbons (Fsp3) is 0.857. The molecular weight excluding hydrogens is 230 g/mol. The van der Waals surface area contributed by atoms with E-state index in [9.17, 15) is 9.59 Å². The number of hydrogen-bond acceptors (Lipinski definition) is 3. The van der Waals surface area contributed by atoms with E-state index < -0.39 is 0 Å². The Morgan fingerprint density at radius 2 is 1.61 bits per heavy atom. The van der Waals surface area contributed by atoms with Crippen LogP contribution < -0.4 is 5.32 Å². The second kappa shape index (κ2) is 6.76. The van der Waals surface area contributed by atoms with Gasteiger partial charge in [-0.2, -0.15) is 0 Å². The Morgan fingerprint density at radius 1 is 1.06 bits per heavy atom. The molecule has 0 fully saturated rings. The van der Waals surface area contributed by atoms with E-state index in [2.05, 4.69) is 30.8 Å². The van der Waals surface area contributed by atoms with Gasteiger partial charge in [-0.15, -0.1) is 0 Å². The van der Waals surface area contributed by atoms with Crippen LogP contribution in [-0.2, 0) is 14.3 Å². The van der Waals surface area contributed by atoms with E-state index in [1.54, 1.807) is 0 Å². The number of rotatable bonds is 6. The summed E-state index contributed by atoms with van der Waals surface area (Å²) in [6, 6.07) is 0. The summed E-state index contributed by atoms with van der Waals surface area (Å²) in [5.74, 6) is -0.273. The maximum atomic E-state index is 11.8. The minimum absolute atomic E-state index is 0.00634. The van der Waals surface area contributed by atoms with Gasteiger partial charge in [-0.25, -0.2) is 0 Å². The molecule has 0 radical (unpaired) electrons. The molecule has 0 aliphatic heterocycles. The molecule has 0 aromatic carbocycles. The van der Waals surface area contributed by atoms with Gasteiger partial charge in [0.2, 0.25) is 5.91 Å². The molecule has 0 atom stereocenters. The van der Waals surface area contributed by atoms with Crippen LogP contribution in [0.2, 0.25) is 0 Å². The number of carbonyl (C=O) groups is 2. The van der Waals surface area contributed by atoms with E-state index in [4.69, 9.17) is 0 Å². The molecule has 0 spiro atoms. The highest BCUT2D eigenvalue weighted by Crippen LogP contribution is 2.26. The number of nitrogens with one attached hydrogen (secondary N) is 1. The Balaban J connectivity index is 4.03. The smallest absolute Gasteiger partial charge is 0.305 e. The summed E-state index contributed by atoms with van der Waals surface area (Å²) in [6.45, 7) is 10.5. The van der Waals surface area contributed by atoms with Crippen LogP contribution in [0, 0.1) is 5.41 Å². The van der Waals surface area contributed by atoms with Gasteiger partial charge in [0.25, 0.3) is 0 Å². The second-order valence-corrected chi connectivity index (χ2v) is 6.60. The third kappa shape index (κ3) is 9.02. The van der Waals surface area contributed by atoms with Gasteiger partial charge in [-0.05, 0) is 32.1 Å². The Bertz CT molecular complexity index is 290. The molecule has 0 unspecified atom stereocenters. The number of esters is 1. The van der Waals surface area contributed by atoms with Crippen molar-refractivity contribution in [3.63, 3.8) is 0 Å². The zero-order valence-corrected chi connectivity index (χ0v) is 12.6. The van der Waals surface area contributed by atoms with Crippen LogP contribution in [0.5, 0.6) is 0 Å². The third-order valence-corrected chi connectivity index (χ3v) is 2.46. The highest BCUT2D eigenvalue weighted by Gasteiger charge is 2.26. The molecule has 0 rings (SSSR count). The summed E-state index contributed by atoms with van der Waals surface area (Å²) in [4.78, 5) is 22.7. The lowest BCUT2D eigenvalue weighted by Crippen LogP contribution is -2.45. The summed E-state index contributed by atoms with van der Waals surface area (Å²) in [6.07, 6.45) is 2.10. The third-order valence-electron chi connectivity index (χ3n) is 2.46. The van der Waals surface area contributed by atoms with Crippen LogP contribution in [-0.4, -0.2) is 24.5 Å². The molecule has 0 saturated carbocycles. The van der Waals surface area contributed by atoms with Crippen molar-refractivity contribution in [3.05, 3.63) is 0 Å². The first-order chi connectivity index (χ1) is 8.06. The lowest BCUT2D eigenvalue weighted by Gasteiger charge is -2.33. The molecule has 0 aromatic heterocycles. The van der Waals surface area contributed by atoms with E-state index in [0.29, 0.717) is 19.3 Å². The van der Waals surface area contributed by atoms with Gasteiger partial charge < -0.3 is 10.1 Å². The summed E-state index contributed by atoms with van der Waals surface area (Å²) >= 11 is 0. The molecule has 1 amide bonds. The first kappa shape index (κ1) is 16.9. The molecular formula is C14H27NO3. The van der Waals surface area contributed by atoms with Gasteiger partial charge in [0.05, 0.1) is 7.11 Å². The van der Waals surface area contributed by atoms with Crippen molar-refractivity contribution in [2.24, 2.45) is 5.41 Å². The van der Waals surface area contributed by atoms with E-state index in [1.165, 1.54) is 7.11 Å². The molecule has 4 heteroatoms. The van der Waals surface area contributed by atoms with Gasteiger partial charge in [0.1, 0.15) is 0 Å².